The van der Waals surface area contributed by atoms with Crippen molar-refractivity contribution in [1.29, 1.82) is 0 Å². The molecule has 0 aromatic carbocycles. The Morgan fingerprint density at radius 1 is 1.53 bits per heavy atom. The van der Waals surface area contributed by atoms with Gasteiger partial charge in [0, 0.05) is 25.6 Å². The van der Waals surface area contributed by atoms with Gasteiger partial charge in [-0.1, -0.05) is 19.4 Å². The first-order chi connectivity index (χ1) is 8.17. The summed E-state index contributed by atoms with van der Waals surface area (Å²) in [5, 5.41) is 0. The molecule has 17 heavy (non-hydrogen) atoms. The molecule has 1 aliphatic heterocycles. The summed E-state index contributed by atoms with van der Waals surface area (Å²) in [4.78, 5) is 24.5. The molecule has 1 fully saturated rings. The van der Waals surface area contributed by atoms with Crippen LogP contribution in [0.5, 0.6) is 0 Å². The molecule has 0 bridgehead atoms. The summed E-state index contributed by atoms with van der Waals surface area (Å²) in [5.74, 6) is 0.338. The Morgan fingerprint density at radius 2 is 2.29 bits per heavy atom. The van der Waals surface area contributed by atoms with Gasteiger partial charge in [-0.2, -0.15) is 0 Å². The van der Waals surface area contributed by atoms with Gasteiger partial charge in [-0.15, -0.1) is 0 Å². The second kappa shape index (κ2) is 7.09. The van der Waals surface area contributed by atoms with Crippen molar-refractivity contribution in [3.05, 3.63) is 12.2 Å². The summed E-state index contributed by atoms with van der Waals surface area (Å²) in [7, 11) is 0. The van der Waals surface area contributed by atoms with Crippen LogP contribution in [0.2, 0.25) is 0 Å². The number of hydrogen-bond donors (Lipinski definition) is 0. The summed E-state index contributed by atoms with van der Waals surface area (Å²) in [5.41, 5.74) is 0. The lowest BCUT2D eigenvalue weighted by molar-refractivity contribution is -0.137. The molecular formula is C13H21NO3. The summed E-state index contributed by atoms with van der Waals surface area (Å²) in [6, 6.07) is 0. The minimum Gasteiger partial charge on any atom is -0.463 e. The fourth-order valence-corrected chi connectivity index (χ4v) is 2.10. The van der Waals surface area contributed by atoms with Crippen LogP contribution in [0.4, 0.5) is 0 Å². The predicted octanol–water partition coefficient (Wildman–Crippen LogP) is 1.75. The van der Waals surface area contributed by atoms with Gasteiger partial charge in [-0.25, -0.2) is 4.79 Å². The van der Waals surface area contributed by atoms with Crippen molar-refractivity contribution in [2.24, 2.45) is 5.92 Å². The third kappa shape index (κ3) is 4.59. The Labute approximate surface area is 103 Å². The van der Waals surface area contributed by atoms with Gasteiger partial charge in [0.25, 0.3) is 0 Å². The summed E-state index contributed by atoms with van der Waals surface area (Å²) < 4.78 is 4.76. The van der Waals surface area contributed by atoms with E-state index in [1.54, 1.807) is 17.9 Å². The van der Waals surface area contributed by atoms with E-state index >= 15 is 0 Å². The maximum absolute atomic E-state index is 11.6. The van der Waals surface area contributed by atoms with Crippen molar-refractivity contribution < 1.29 is 14.3 Å². The Morgan fingerprint density at radius 3 is 2.94 bits per heavy atom. The van der Waals surface area contributed by atoms with Gasteiger partial charge in [0.2, 0.25) is 5.91 Å². The van der Waals surface area contributed by atoms with Gasteiger partial charge in [0.1, 0.15) is 0 Å². The molecule has 96 valence electrons. The summed E-state index contributed by atoms with van der Waals surface area (Å²) in [6.07, 6.45) is 5.96. The first kappa shape index (κ1) is 13.7. The average molecular weight is 239 g/mol. The van der Waals surface area contributed by atoms with E-state index in [1.807, 2.05) is 0 Å². The number of nitrogens with zero attached hydrogens (tertiary/aromatic N) is 1. The Kier molecular flexibility index (Phi) is 5.73. The highest BCUT2D eigenvalue weighted by Crippen LogP contribution is 2.21. The van der Waals surface area contributed by atoms with Crippen molar-refractivity contribution in [2.75, 3.05) is 19.7 Å². The van der Waals surface area contributed by atoms with Gasteiger partial charge in [-0.05, 0) is 19.3 Å². The Bertz CT molecular complexity index is 299. The van der Waals surface area contributed by atoms with Gasteiger partial charge < -0.3 is 9.64 Å². The Balaban J connectivity index is 2.32. The summed E-state index contributed by atoms with van der Waals surface area (Å²) >= 11 is 0. The number of amides is 1. The summed E-state index contributed by atoms with van der Waals surface area (Å²) in [6.45, 7) is 5.61. The first-order valence-electron chi connectivity index (χ1n) is 6.28. The van der Waals surface area contributed by atoms with E-state index in [2.05, 4.69) is 6.92 Å². The third-order valence-electron chi connectivity index (χ3n) is 2.86. The molecule has 1 heterocycles. The fraction of sp³-hybridized carbons (Fsp3) is 0.692. The fourth-order valence-electron chi connectivity index (χ4n) is 2.10. The molecule has 0 aliphatic carbocycles. The lowest BCUT2D eigenvalue weighted by Crippen LogP contribution is -2.25. The number of esters is 1. The lowest BCUT2D eigenvalue weighted by Gasteiger charge is -2.13. The van der Waals surface area contributed by atoms with Crippen LogP contribution in [0.15, 0.2) is 12.2 Å². The van der Waals surface area contributed by atoms with Gasteiger partial charge in [-0.3, -0.25) is 4.79 Å². The van der Waals surface area contributed by atoms with E-state index < -0.39 is 0 Å². The number of carbonyl (C=O) groups is 2. The van der Waals surface area contributed by atoms with Crippen molar-refractivity contribution >= 4 is 11.9 Å². The highest BCUT2D eigenvalue weighted by Gasteiger charge is 2.27. The molecule has 0 radical (unpaired) electrons. The minimum atomic E-state index is -0.343. The first-order valence-corrected chi connectivity index (χ1v) is 6.28. The monoisotopic (exact) mass is 239 g/mol. The molecular weight excluding hydrogens is 218 g/mol. The maximum Gasteiger partial charge on any atom is 0.330 e. The van der Waals surface area contributed by atoms with Crippen LogP contribution >= 0.6 is 0 Å². The second-order valence-corrected chi connectivity index (χ2v) is 4.31. The quantitative estimate of drug-likeness (QED) is 0.524. The zero-order valence-electron chi connectivity index (χ0n) is 10.6. The molecule has 0 saturated carbocycles. The largest absolute Gasteiger partial charge is 0.463 e. The van der Waals surface area contributed by atoms with Gasteiger partial charge in [0.05, 0.1) is 6.61 Å². The number of hydrogen-bond acceptors (Lipinski definition) is 3. The Hall–Kier alpha value is -1.32. The van der Waals surface area contributed by atoms with E-state index in [1.165, 1.54) is 6.08 Å². The third-order valence-corrected chi connectivity index (χ3v) is 2.86. The molecule has 0 spiro atoms. The molecule has 0 aromatic rings. The number of likely N-dealkylation sites (tertiary alicyclic amines) is 1. The molecule has 1 atom stereocenters. The second-order valence-electron chi connectivity index (χ2n) is 4.31. The molecule has 1 unspecified atom stereocenters. The smallest absolute Gasteiger partial charge is 0.330 e. The molecule has 1 aliphatic rings. The van der Waals surface area contributed by atoms with E-state index in [9.17, 15) is 9.59 Å². The standard InChI is InChI=1S/C13H21NO3/c1-3-6-11-9-12(15)14(10-11)8-5-7-13(16)17-4-2/h5,7,11H,3-4,6,8-10H2,1-2H3/b7-5+. The van der Waals surface area contributed by atoms with Crippen LogP contribution in [-0.4, -0.2) is 36.5 Å². The van der Waals surface area contributed by atoms with Gasteiger partial charge >= 0.3 is 5.97 Å². The molecule has 1 amide bonds. The van der Waals surface area contributed by atoms with Crippen LogP contribution in [0.3, 0.4) is 0 Å². The SMILES string of the molecule is CCCC1CC(=O)N(C/C=C/C(=O)OCC)C1. The highest BCUT2D eigenvalue weighted by atomic mass is 16.5. The number of carbonyl (C=O) groups excluding carboxylic acids is 2. The minimum absolute atomic E-state index is 0.192. The van der Waals surface area contributed by atoms with Crippen LogP contribution in [0.1, 0.15) is 33.1 Å². The molecule has 0 N–H and O–H groups in total. The van der Waals surface area contributed by atoms with E-state index in [-0.39, 0.29) is 11.9 Å². The zero-order chi connectivity index (χ0) is 12.7. The van der Waals surface area contributed by atoms with Crippen molar-refractivity contribution in [3.8, 4) is 0 Å². The van der Waals surface area contributed by atoms with Crippen molar-refractivity contribution in [1.82, 2.24) is 4.90 Å². The van der Waals surface area contributed by atoms with Crippen LogP contribution in [0, 0.1) is 5.92 Å². The maximum atomic E-state index is 11.6. The zero-order valence-corrected chi connectivity index (χ0v) is 10.6. The van der Waals surface area contributed by atoms with Gasteiger partial charge in [0.15, 0.2) is 0 Å². The number of ether oxygens (including phenoxy) is 1. The predicted molar refractivity (Wildman–Crippen MR) is 65.4 cm³/mol. The van der Waals surface area contributed by atoms with Crippen LogP contribution in [0.25, 0.3) is 0 Å². The normalized spacial score (nSPS) is 20.2. The highest BCUT2D eigenvalue weighted by molar-refractivity contribution is 5.82. The van der Waals surface area contributed by atoms with Crippen molar-refractivity contribution in [2.45, 2.75) is 33.1 Å². The van der Waals surface area contributed by atoms with E-state index in [0.717, 1.165) is 19.4 Å². The van der Waals surface area contributed by atoms with E-state index in [4.69, 9.17) is 4.74 Å². The van der Waals surface area contributed by atoms with Crippen LogP contribution in [-0.2, 0) is 14.3 Å². The number of rotatable bonds is 6. The van der Waals surface area contributed by atoms with Crippen LogP contribution < -0.4 is 0 Å². The van der Waals surface area contributed by atoms with Crippen molar-refractivity contribution in [3.63, 3.8) is 0 Å². The topological polar surface area (TPSA) is 46.6 Å². The molecule has 4 heteroatoms. The average Bonchev–Trinajstić information content (AvgIpc) is 2.60. The molecule has 0 aromatic heterocycles. The molecule has 1 saturated heterocycles. The molecule has 1 rings (SSSR count). The van der Waals surface area contributed by atoms with E-state index in [0.29, 0.717) is 25.5 Å². The lowest BCUT2D eigenvalue weighted by atomic mass is 10.0. The molecule has 4 nitrogen and oxygen atoms in total.